The van der Waals surface area contributed by atoms with E-state index in [-0.39, 0.29) is 42.6 Å². The molecule has 10 heteroatoms. The monoisotopic (exact) mass is 358 g/mol. The number of hydrogen-bond acceptors (Lipinski definition) is 6. The van der Waals surface area contributed by atoms with Crippen molar-refractivity contribution in [3.05, 3.63) is 30.2 Å². The van der Waals surface area contributed by atoms with Crippen LogP contribution in [-0.2, 0) is 14.8 Å². The fourth-order valence-electron chi connectivity index (χ4n) is 2.23. The van der Waals surface area contributed by atoms with Gasteiger partial charge in [-0.05, 0) is 12.5 Å². The number of nitrogens with two attached hydrogens (primary N) is 2. The Labute approximate surface area is 139 Å². The number of amides is 1. The van der Waals surface area contributed by atoms with Crippen molar-refractivity contribution < 1.29 is 22.3 Å². The molecule has 0 radical (unpaired) electrons. The van der Waals surface area contributed by atoms with Crippen LogP contribution in [0.2, 0.25) is 0 Å². The molecule has 0 bridgehead atoms. The van der Waals surface area contributed by atoms with Gasteiger partial charge in [0.2, 0.25) is 21.8 Å². The summed E-state index contributed by atoms with van der Waals surface area (Å²) < 4.78 is 43.8. The maximum absolute atomic E-state index is 12.5. The highest BCUT2D eigenvalue weighted by molar-refractivity contribution is 7.89. The van der Waals surface area contributed by atoms with Gasteiger partial charge in [-0.25, -0.2) is 17.8 Å². The number of rotatable bonds is 7. The molecular weight excluding hydrogens is 339 g/mol. The van der Waals surface area contributed by atoms with Gasteiger partial charge in [0.1, 0.15) is 11.5 Å². The summed E-state index contributed by atoms with van der Waals surface area (Å²) in [5.41, 5.74) is 10.8. The van der Waals surface area contributed by atoms with Crippen LogP contribution >= 0.6 is 0 Å². The largest absolute Gasteiger partial charge is 0.473 e. The second-order valence-electron chi connectivity index (χ2n) is 5.34. The first-order valence-electron chi connectivity index (χ1n) is 7.25. The molecule has 0 saturated carbocycles. The first-order chi connectivity index (χ1) is 11.4. The van der Waals surface area contributed by atoms with Gasteiger partial charge in [-0.15, -0.1) is 0 Å². The van der Waals surface area contributed by atoms with E-state index in [0.717, 1.165) is 6.20 Å². The number of primary amides is 1. The number of aromatic nitrogens is 1. The molecule has 1 aromatic rings. The van der Waals surface area contributed by atoms with Crippen LogP contribution in [0.3, 0.4) is 0 Å². The minimum Gasteiger partial charge on any atom is -0.473 e. The van der Waals surface area contributed by atoms with Crippen LogP contribution in [0.25, 0.3) is 0 Å². The number of hydrogen-bond donors (Lipinski definition) is 2. The summed E-state index contributed by atoms with van der Waals surface area (Å²) in [4.78, 5) is 15.1. The Morgan fingerprint density at radius 1 is 1.50 bits per heavy atom. The lowest BCUT2D eigenvalue weighted by molar-refractivity contribution is -0.121. The van der Waals surface area contributed by atoms with E-state index in [2.05, 4.69) is 4.98 Å². The number of nitrogens with zero attached hydrogens (tertiary/aromatic N) is 2. The topological polar surface area (TPSA) is 129 Å². The summed E-state index contributed by atoms with van der Waals surface area (Å²) in [7, 11) is -3.75. The van der Waals surface area contributed by atoms with Gasteiger partial charge >= 0.3 is 0 Å². The predicted molar refractivity (Wildman–Crippen MR) is 84.0 cm³/mol. The third-order valence-corrected chi connectivity index (χ3v) is 5.57. The Balaban J connectivity index is 2.05. The Morgan fingerprint density at radius 3 is 2.75 bits per heavy atom. The smallest absolute Gasteiger partial charge is 0.244 e. The maximum Gasteiger partial charge on any atom is 0.244 e. The summed E-state index contributed by atoms with van der Waals surface area (Å²) in [5, 5.41) is 0. The predicted octanol–water partition coefficient (Wildman–Crippen LogP) is -0.232. The van der Waals surface area contributed by atoms with E-state index >= 15 is 0 Å². The van der Waals surface area contributed by atoms with Crippen molar-refractivity contribution in [1.29, 1.82) is 0 Å². The highest BCUT2D eigenvalue weighted by Gasteiger charge is 2.35. The van der Waals surface area contributed by atoms with Gasteiger partial charge in [0.05, 0.1) is 18.4 Å². The Bertz CT molecular complexity index is 721. The molecule has 0 aliphatic carbocycles. The summed E-state index contributed by atoms with van der Waals surface area (Å²) in [6.45, 7) is 0.240. The van der Waals surface area contributed by atoms with Crippen LogP contribution < -0.4 is 16.2 Å². The van der Waals surface area contributed by atoms with Crippen LogP contribution in [0.1, 0.15) is 6.42 Å². The van der Waals surface area contributed by atoms with Crippen molar-refractivity contribution in [3.63, 3.8) is 0 Å². The van der Waals surface area contributed by atoms with Crippen LogP contribution in [0.4, 0.5) is 4.39 Å². The molecule has 0 unspecified atom stereocenters. The zero-order chi connectivity index (χ0) is 17.7. The third kappa shape index (κ3) is 4.08. The number of carbonyl (C=O) groups is 1. The van der Waals surface area contributed by atoms with Crippen LogP contribution in [0.15, 0.2) is 35.1 Å². The molecular formula is C14H19FN4O4S. The normalized spacial score (nSPS) is 19.4. The molecule has 1 aliphatic rings. The molecule has 1 amide bonds. The summed E-state index contributed by atoms with van der Waals surface area (Å²) in [6, 6.07) is 2.72. The number of ether oxygens (including phenoxy) is 1. The molecule has 4 N–H and O–H groups in total. The fraction of sp³-hybridized carbons (Fsp3) is 0.429. The van der Waals surface area contributed by atoms with E-state index in [1.807, 2.05) is 0 Å². The lowest BCUT2D eigenvalue weighted by Gasteiger charge is -2.16. The second kappa shape index (κ2) is 7.69. The molecule has 1 saturated heterocycles. The Kier molecular flexibility index (Phi) is 5.86. The SMILES string of the molecule is NC/C(=C/F)COc1ccc(S(=O)(=O)N2CC[C@H](C(N)=O)C2)cn1. The molecule has 1 atom stereocenters. The molecule has 0 spiro atoms. The van der Waals surface area contributed by atoms with Crippen molar-refractivity contribution in [2.45, 2.75) is 11.3 Å². The summed E-state index contributed by atoms with van der Waals surface area (Å²) in [5.74, 6) is -0.832. The zero-order valence-corrected chi connectivity index (χ0v) is 13.7. The third-order valence-electron chi connectivity index (χ3n) is 3.72. The average Bonchev–Trinajstić information content (AvgIpc) is 3.07. The molecule has 2 heterocycles. The fourth-order valence-corrected chi connectivity index (χ4v) is 3.68. The average molecular weight is 358 g/mol. The minimum atomic E-state index is -3.75. The Morgan fingerprint density at radius 2 is 2.25 bits per heavy atom. The van der Waals surface area contributed by atoms with E-state index in [0.29, 0.717) is 12.8 Å². The summed E-state index contributed by atoms with van der Waals surface area (Å²) in [6.07, 6.45) is 1.92. The highest BCUT2D eigenvalue weighted by atomic mass is 32.2. The van der Waals surface area contributed by atoms with Crippen LogP contribution in [0.5, 0.6) is 5.88 Å². The van der Waals surface area contributed by atoms with Gasteiger partial charge in [-0.2, -0.15) is 4.31 Å². The van der Waals surface area contributed by atoms with E-state index in [1.165, 1.54) is 16.4 Å². The molecule has 1 fully saturated rings. The number of halogens is 1. The van der Waals surface area contributed by atoms with Gasteiger partial charge in [0.25, 0.3) is 0 Å². The van der Waals surface area contributed by atoms with Crippen molar-refractivity contribution in [3.8, 4) is 5.88 Å². The van der Waals surface area contributed by atoms with Gasteiger partial charge in [-0.1, -0.05) is 0 Å². The standard InChI is InChI=1S/C14H19FN4O4S/c15-5-10(6-16)9-23-13-2-1-12(7-18-13)24(21,22)19-4-3-11(8-19)14(17)20/h1-2,5,7,11H,3-4,6,8-9,16H2,(H2,17,20)/b10-5-/t11-/m0/s1. The second-order valence-corrected chi connectivity index (χ2v) is 7.28. The maximum atomic E-state index is 12.5. The van der Waals surface area contributed by atoms with Gasteiger partial charge in [0.15, 0.2) is 0 Å². The lowest BCUT2D eigenvalue weighted by Crippen LogP contribution is -2.31. The number of carbonyl (C=O) groups excluding carboxylic acids is 1. The van der Waals surface area contributed by atoms with Gasteiger partial charge in [0, 0.05) is 31.3 Å². The van der Waals surface area contributed by atoms with E-state index in [9.17, 15) is 17.6 Å². The van der Waals surface area contributed by atoms with Gasteiger partial charge < -0.3 is 16.2 Å². The molecule has 8 nitrogen and oxygen atoms in total. The van der Waals surface area contributed by atoms with E-state index in [1.54, 1.807) is 0 Å². The lowest BCUT2D eigenvalue weighted by atomic mass is 10.1. The molecule has 2 rings (SSSR count). The number of pyridine rings is 1. The van der Waals surface area contributed by atoms with Crippen molar-refractivity contribution in [1.82, 2.24) is 9.29 Å². The van der Waals surface area contributed by atoms with Gasteiger partial charge in [-0.3, -0.25) is 4.79 Å². The van der Waals surface area contributed by atoms with Crippen LogP contribution in [0, 0.1) is 5.92 Å². The van der Waals surface area contributed by atoms with Crippen molar-refractivity contribution in [2.24, 2.45) is 17.4 Å². The molecule has 24 heavy (non-hydrogen) atoms. The van der Waals surface area contributed by atoms with Crippen LogP contribution in [-0.4, -0.2) is 49.9 Å². The number of sulfonamides is 1. The first kappa shape index (κ1) is 18.3. The quantitative estimate of drug-likeness (QED) is 0.693. The molecule has 1 aromatic heterocycles. The highest BCUT2D eigenvalue weighted by Crippen LogP contribution is 2.24. The molecule has 132 valence electrons. The minimum absolute atomic E-state index is 0.0128. The Hall–Kier alpha value is -2.04. The van der Waals surface area contributed by atoms with Crippen molar-refractivity contribution >= 4 is 15.9 Å². The molecule has 0 aromatic carbocycles. The van der Waals surface area contributed by atoms with E-state index < -0.39 is 21.8 Å². The van der Waals surface area contributed by atoms with Crippen molar-refractivity contribution in [2.75, 3.05) is 26.2 Å². The van der Waals surface area contributed by atoms with E-state index in [4.69, 9.17) is 16.2 Å². The zero-order valence-electron chi connectivity index (χ0n) is 12.9. The first-order valence-corrected chi connectivity index (χ1v) is 8.69. The molecule has 1 aliphatic heterocycles. The summed E-state index contributed by atoms with van der Waals surface area (Å²) >= 11 is 0.